The fourth-order valence-electron chi connectivity index (χ4n) is 3.15. The van der Waals surface area contributed by atoms with Gasteiger partial charge in [0.05, 0.1) is 11.9 Å². The van der Waals surface area contributed by atoms with Gasteiger partial charge < -0.3 is 4.57 Å². The Morgan fingerprint density at radius 1 is 0.731 bits per heavy atom. The largest absolute Gasteiger partial charge is 0.311 e. The Hall–Kier alpha value is -3.39. The number of hydrogen-bond donors (Lipinski definition) is 0. The second-order valence-corrected chi connectivity index (χ2v) is 6.29. The van der Waals surface area contributed by atoms with E-state index in [-0.39, 0.29) is 5.56 Å². The molecule has 0 radical (unpaired) electrons. The highest BCUT2D eigenvalue weighted by Gasteiger charge is 2.06. The summed E-state index contributed by atoms with van der Waals surface area (Å²) in [7, 11) is 0. The van der Waals surface area contributed by atoms with Gasteiger partial charge in [-0.15, -0.1) is 0 Å². The van der Waals surface area contributed by atoms with Crippen molar-refractivity contribution in [3.05, 3.63) is 118 Å². The van der Waals surface area contributed by atoms with E-state index in [0.29, 0.717) is 6.54 Å². The van der Waals surface area contributed by atoms with Crippen LogP contribution in [0.15, 0.2) is 95.9 Å². The van der Waals surface area contributed by atoms with Crippen molar-refractivity contribution in [1.82, 2.24) is 4.57 Å². The maximum Gasteiger partial charge on any atom is 0.259 e. The molecule has 2 nitrogen and oxygen atoms in total. The van der Waals surface area contributed by atoms with Crippen LogP contribution in [0.4, 0.5) is 0 Å². The average Bonchev–Trinajstić information content (AvgIpc) is 2.70. The van der Waals surface area contributed by atoms with Gasteiger partial charge in [0.1, 0.15) is 0 Å². The van der Waals surface area contributed by atoms with E-state index in [9.17, 15) is 4.79 Å². The van der Waals surface area contributed by atoms with Crippen LogP contribution < -0.4 is 5.56 Å². The highest BCUT2D eigenvalue weighted by atomic mass is 16.1. The first-order valence-electron chi connectivity index (χ1n) is 8.70. The number of benzene rings is 3. The molecule has 0 atom stereocenters. The number of pyridine rings is 1. The molecule has 0 aliphatic heterocycles. The van der Waals surface area contributed by atoms with Gasteiger partial charge >= 0.3 is 0 Å². The molecule has 0 bridgehead atoms. The van der Waals surface area contributed by atoms with E-state index >= 15 is 0 Å². The van der Waals surface area contributed by atoms with Crippen molar-refractivity contribution in [1.29, 1.82) is 0 Å². The molecule has 0 aliphatic rings. The first kappa shape index (κ1) is 16.1. The summed E-state index contributed by atoms with van der Waals surface area (Å²) >= 11 is 0. The predicted molar refractivity (Wildman–Crippen MR) is 109 cm³/mol. The average molecular weight is 337 g/mol. The van der Waals surface area contributed by atoms with E-state index in [1.54, 1.807) is 4.57 Å². The van der Waals surface area contributed by atoms with Gasteiger partial charge in [-0.05, 0) is 28.1 Å². The molecule has 26 heavy (non-hydrogen) atoms. The molecule has 1 heterocycles. The lowest BCUT2D eigenvalue weighted by molar-refractivity contribution is 0.768. The first-order chi connectivity index (χ1) is 12.8. The molecule has 4 aromatic rings. The van der Waals surface area contributed by atoms with Crippen LogP contribution in [0.25, 0.3) is 22.9 Å². The standard InChI is InChI=1S/C24H19NO/c26-24-23-21(15-14-19-8-3-1-4-9-19)12-7-13-22(23)16-17-25(24)18-20-10-5-2-6-11-20/h1-17H,18H2/b15-14+. The zero-order chi connectivity index (χ0) is 17.8. The Kier molecular flexibility index (Phi) is 4.48. The molecule has 0 unspecified atom stereocenters. The summed E-state index contributed by atoms with van der Waals surface area (Å²) in [5.74, 6) is 0. The summed E-state index contributed by atoms with van der Waals surface area (Å²) in [5, 5.41) is 1.73. The van der Waals surface area contributed by atoms with Gasteiger partial charge in [0.15, 0.2) is 0 Å². The third-order valence-electron chi connectivity index (χ3n) is 4.49. The Balaban J connectivity index is 1.78. The van der Waals surface area contributed by atoms with E-state index < -0.39 is 0 Å². The zero-order valence-electron chi connectivity index (χ0n) is 14.4. The van der Waals surface area contributed by atoms with Crippen molar-refractivity contribution >= 4 is 22.9 Å². The van der Waals surface area contributed by atoms with Crippen molar-refractivity contribution in [3.8, 4) is 0 Å². The second-order valence-electron chi connectivity index (χ2n) is 6.29. The predicted octanol–water partition coefficient (Wildman–Crippen LogP) is 5.22. The maximum atomic E-state index is 13.1. The van der Waals surface area contributed by atoms with Gasteiger partial charge in [0, 0.05) is 6.20 Å². The van der Waals surface area contributed by atoms with Crippen LogP contribution >= 0.6 is 0 Å². The van der Waals surface area contributed by atoms with Gasteiger partial charge in [-0.1, -0.05) is 91.0 Å². The molecule has 0 N–H and O–H groups in total. The van der Waals surface area contributed by atoms with Crippen LogP contribution in [0.3, 0.4) is 0 Å². The molecule has 0 fully saturated rings. The van der Waals surface area contributed by atoms with Gasteiger partial charge in [-0.25, -0.2) is 0 Å². The maximum absolute atomic E-state index is 13.1. The molecule has 0 amide bonds. The van der Waals surface area contributed by atoms with E-state index in [1.165, 1.54) is 0 Å². The molecule has 1 aromatic heterocycles. The van der Waals surface area contributed by atoms with Crippen molar-refractivity contribution in [2.45, 2.75) is 6.54 Å². The lowest BCUT2D eigenvalue weighted by Crippen LogP contribution is -2.20. The molecule has 2 heteroatoms. The SMILES string of the molecule is O=c1c2c(/C=C/c3ccccc3)cccc2ccn1Cc1ccccc1. The summed E-state index contributed by atoms with van der Waals surface area (Å²) in [6.07, 6.45) is 5.94. The number of hydrogen-bond acceptors (Lipinski definition) is 1. The smallest absolute Gasteiger partial charge is 0.259 e. The fourth-order valence-corrected chi connectivity index (χ4v) is 3.15. The normalized spacial score (nSPS) is 11.2. The first-order valence-corrected chi connectivity index (χ1v) is 8.70. The molecular weight excluding hydrogens is 318 g/mol. The van der Waals surface area contributed by atoms with Gasteiger partial charge in [0.25, 0.3) is 5.56 Å². The molecular formula is C24H19NO. The number of fused-ring (bicyclic) bond motifs is 1. The van der Waals surface area contributed by atoms with Crippen LogP contribution in [-0.2, 0) is 6.54 Å². The molecule has 0 spiro atoms. The lowest BCUT2D eigenvalue weighted by Gasteiger charge is -2.09. The number of aromatic nitrogens is 1. The molecule has 3 aromatic carbocycles. The van der Waals surface area contributed by atoms with Crippen molar-refractivity contribution in [2.75, 3.05) is 0 Å². The van der Waals surface area contributed by atoms with Gasteiger partial charge in [-0.2, -0.15) is 0 Å². The molecule has 0 saturated heterocycles. The van der Waals surface area contributed by atoms with E-state index in [4.69, 9.17) is 0 Å². The van der Waals surface area contributed by atoms with E-state index in [2.05, 4.69) is 12.1 Å². The molecule has 126 valence electrons. The van der Waals surface area contributed by atoms with Crippen molar-refractivity contribution in [3.63, 3.8) is 0 Å². The Labute approximate surface area is 152 Å². The third-order valence-corrected chi connectivity index (χ3v) is 4.49. The van der Waals surface area contributed by atoms with Gasteiger partial charge in [0.2, 0.25) is 0 Å². The molecule has 4 rings (SSSR count). The summed E-state index contributed by atoms with van der Waals surface area (Å²) in [6, 6.07) is 28.2. The molecule has 0 saturated carbocycles. The highest BCUT2D eigenvalue weighted by Crippen LogP contribution is 2.18. The Bertz CT molecular complexity index is 1110. The second kappa shape index (κ2) is 7.24. The summed E-state index contributed by atoms with van der Waals surface area (Å²) in [6.45, 7) is 0.576. The lowest BCUT2D eigenvalue weighted by atomic mass is 10.0. The minimum Gasteiger partial charge on any atom is -0.311 e. The van der Waals surface area contributed by atoms with Crippen LogP contribution in [0, 0.1) is 0 Å². The topological polar surface area (TPSA) is 22.0 Å². The summed E-state index contributed by atoms with van der Waals surface area (Å²) in [5.41, 5.74) is 3.22. The minimum absolute atomic E-state index is 0.0414. The minimum atomic E-state index is 0.0414. The summed E-state index contributed by atoms with van der Waals surface area (Å²) in [4.78, 5) is 13.1. The van der Waals surface area contributed by atoms with Crippen LogP contribution in [0.5, 0.6) is 0 Å². The van der Waals surface area contributed by atoms with E-state index in [1.807, 2.05) is 91.1 Å². The molecule has 0 aliphatic carbocycles. The summed E-state index contributed by atoms with van der Waals surface area (Å²) < 4.78 is 1.78. The van der Waals surface area contributed by atoms with Gasteiger partial charge in [-0.3, -0.25) is 4.79 Å². The Morgan fingerprint density at radius 3 is 2.23 bits per heavy atom. The fraction of sp³-hybridized carbons (Fsp3) is 0.0417. The number of nitrogens with zero attached hydrogens (tertiary/aromatic N) is 1. The highest BCUT2D eigenvalue weighted by molar-refractivity contribution is 5.92. The quantitative estimate of drug-likeness (QED) is 0.468. The van der Waals surface area contributed by atoms with Crippen molar-refractivity contribution < 1.29 is 0 Å². The van der Waals surface area contributed by atoms with Crippen LogP contribution in [0.1, 0.15) is 16.7 Å². The Morgan fingerprint density at radius 2 is 1.46 bits per heavy atom. The van der Waals surface area contributed by atoms with E-state index in [0.717, 1.165) is 27.5 Å². The number of rotatable bonds is 4. The van der Waals surface area contributed by atoms with Crippen molar-refractivity contribution in [2.24, 2.45) is 0 Å². The van der Waals surface area contributed by atoms with Crippen LogP contribution in [0.2, 0.25) is 0 Å². The monoisotopic (exact) mass is 337 g/mol. The van der Waals surface area contributed by atoms with Crippen LogP contribution in [-0.4, -0.2) is 4.57 Å². The third kappa shape index (κ3) is 3.35. The zero-order valence-corrected chi connectivity index (χ0v) is 14.4.